The molecule has 1 amide bonds. The predicted molar refractivity (Wildman–Crippen MR) is 49.8 cm³/mol. The van der Waals surface area contributed by atoms with E-state index in [2.05, 4.69) is 0 Å². The third kappa shape index (κ3) is 1.38. The topological polar surface area (TPSA) is 46.6 Å². The molecule has 0 N–H and O–H groups in total. The van der Waals surface area contributed by atoms with Crippen LogP contribution >= 0.6 is 0 Å². The van der Waals surface area contributed by atoms with Gasteiger partial charge in [-0.3, -0.25) is 4.79 Å². The Morgan fingerprint density at radius 3 is 2.50 bits per heavy atom. The molecule has 1 aliphatic carbocycles. The number of likely N-dealkylation sites (tertiary alicyclic amines) is 1. The van der Waals surface area contributed by atoms with E-state index in [1.165, 1.54) is 0 Å². The number of hydrogen-bond donors (Lipinski definition) is 0. The molecular formula is C10H15NO3. The molecule has 1 saturated carbocycles. The Kier molecular flexibility index (Phi) is 1.84. The van der Waals surface area contributed by atoms with Crippen molar-refractivity contribution >= 4 is 11.9 Å². The molecule has 1 heterocycles. The number of ketones is 1. The SMILES string of the molecule is CC(C)(C)OC(=O)N1CC2C(=O)CC21. The Morgan fingerprint density at radius 1 is 1.50 bits per heavy atom. The molecule has 0 aromatic carbocycles. The first-order valence-corrected chi connectivity index (χ1v) is 4.91. The van der Waals surface area contributed by atoms with E-state index >= 15 is 0 Å². The molecule has 78 valence electrons. The number of rotatable bonds is 0. The summed E-state index contributed by atoms with van der Waals surface area (Å²) in [6, 6.07) is 0.136. The summed E-state index contributed by atoms with van der Waals surface area (Å²) in [6.45, 7) is 6.08. The second-order valence-electron chi connectivity index (χ2n) is 4.98. The third-order valence-electron chi connectivity index (χ3n) is 2.71. The summed E-state index contributed by atoms with van der Waals surface area (Å²) in [6.07, 6.45) is 0.232. The number of hydrogen-bond acceptors (Lipinski definition) is 3. The van der Waals surface area contributed by atoms with Gasteiger partial charge in [0.25, 0.3) is 0 Å². The summed E-state index contributed by atoms with van der Waals surface area (Å²) in [7, 11) is 0. The number of fused-ring (bicyclic) bond motifs is 1. The highest BCUT2D eigenvalue weighted by molar-refractivity contribution is 5.93. The number of ether oxygens (including phenoxy) is 1. The van der Waals surface area contributed by atoms with E-state index in [1.54, 1.807) is 4.90 Å². The minimum absolute atomic E-state index is 0.113. The fourth-order valence-corrected chi connectivity index (χ4v) is 1.84. The van der Waals surface area contributed by atoms with Crippen LogP contribution in [0.25, 0.3) is 0 Å². The maximum absolute atomic E-state index is 11.5. The molecule has 0 spiro atoms. The van der Waals surface area contributed by atoms with Gasteiger partial charge in [-0.1, -0.05) is 0 Å². The van der Waals surface area contributed by atoms with Crippen LogP contribution in [0.3, 0.4) is 0 Å². The molecule has 14 heavy (non-hydrogen) atoms. The average molecular weight is 197 g/mol. The van der Waals surface area contributed by atoms with E-state index < -0.39 is 5.60 Å². The molecule has 0 aromatic heterocycles. The lowest BCUT2D eigenvalue weighted by molar-refractivity contribution is -0.149. The summed E-state index contributed by atoms with van der Waals surface area (Å²) in [5, 5.41) is 0. The van der Waals surface area contributed by atoms with Crippen molar-refractivity contribution in [3.05, 3.63) is 0 Å². The van der Waals surface area contributed by atoms with Gasteiger partial charge in [0.05, 0.1) is 12.0 Å². The molecule has 0 radical (unpaired) electrons. The Labute approximate surface area is 83.2 Å². The van der Waals surface area contributed by atoms with E-state index in [0.717, 1.165) is 0 Å². The lowest BCUT2D eigenvalue weighted by atomic mass is 9.70. The van der Waals surface area contributed by atoms with Gasteiger partial charge in [-0.15, -0.1) is 0 Å². The van der Waals surface area contributed by atoms with Gasteiger partial charge < -0.3 is 9.64 Å². The molecule has 4 nitrogen and oxygen atoms in total. The zero-order chi connectivity index (χ0) is 10.5. The highest BCUT2D eigenvalue weighted by Gasteiger charge is 2.55. The van der Waals surface area contributed by atoms with E-state index in [9.17, 15) is 9.59 Å². The number of carbonyl (C=O) groups is 2. The average Bonchev–Trinajstić information content (AvgIpc) is 1.96. The predicted octanol–water partition coefficient (Wildman–Crippen LogP) is 1.19. The van der Waals surface area contributed by atoms with Crippen molar-refractivity contribution in [3.8, 4) is 0 Å². The highest BCUT2D eigenvalue weighted by atomic mass is 16.6. The first-order chi connectivity index (χ1) is 6.38. The van der Waals surface area contributed by atoms with Crippen LogP contribution in [0.4, 0.5) is 4.79 Å². The summed E-state index contributed by atoms with van der Waals surface area (Å²) < 4.78 is 5.21. The van der Waals surface area contributed by atoms with Crippen LogP contribution in [0, 0.1) is 5.92 Å². The van der Waals surface area contributed by atoms with Crippen LogP contribution < -0.4 is 0 Å². The number of nitrogens with zero attached hydrogens (tertiary/aromatic N) is 1. The molecule has 1 saturated heterocycles. The van der Waals surface area contributed by atoms with Gasteiger partial charge in [-0.05, 0) is 20.8 Å². The van der Waals surface area contributed by atoms with Crippen molar-refractivity contribution in [3.63, 3.8) is 0 Å². The van der Waals surface area contributed by atoms with Gasteiger partial charge in [-0.25, -0.2) is 4.79 Å². The zero-order valence-corrected chi connectivity index (χ0v) is 8.74. The molecule has 0 bridgehead atoms. The molecule has 2 fully saturated rings. The van der Waals surface area contributed by atoms with Gasteiger partial charge in [0.15, 0.2) is 0 Å². The maximum Gasteiger partial charge on any atom is 0.410 e. The summed E-state index contributed by atoms with van der Waals surface area (Å²) in [5.74, 6) is 0.400. The highest BCUT2D eigenvalue weighted by Crippen LogP contribution is 2.39. The lowest BCUT2D eigenvalue weighted by Gasteiger charge is -2.53. The van der Waals surface area contributed by atoms with Crippen molar-refractivity contribution in [2.24, 2.45) is 5.92 Å². The number of piperidine rings is 1. The lowest BCUT2D eigenvalue weighted by Crippen LogP contribution is -2.69. The minimum Gasteiger partial charge on any atom is -0.444 e. The van der Waals surface area contributed by atoms with Crippen LogP contribution in [-0.2, 0) is 9.53 Å². The first kappa shape index (κ1) is 9.49. The van der Waals surface area contributed by atoms with E-state index in [-0.39, 0.29) is 23.8 Å². The molecule has 2 aliphatic rings. The molecule has 2 rings (SSSR count). The normalized spacial score (nSPS) is 30.2. The molecule has 0 aromatic rings. The molecule has 2 unspecified atom stereocenters. The van der Waals surface area contributed by atoms with Gasteiger partial charge in [0.1, 0.15) is 11.4 Å². The summed E-state index contributed by atoms with van der Waals surface area (Å²) in [4.78, 5) is 24.1. The van der Waals surface area contributed by atoms with Crippen LogP contribution in [0.15, 0.2) is 0 Å². The van der Waals surface area contributed by atoms with Crippen molar-refractivity contribution in [1.82, 2.24) is 4.90 Å². The minimum atomic E-state index is -0.448. The van der Waals surface area contributed by atoms with Crippen molar-refractivity contribution < 1.29 is 14.3 Å². The summed E-state index contributed by atoms with van der Waals surface area (Å²) >= 11 is 0. The Morgan fingerprint density at radius 2 is 2.14 bits per heavy atom. The van der Waals surface area contributed by atoms with Gasteiger partial charge >= 0.3 is 6.09 Å². The fourth-order valence-electron chi connectivity index (χ4n) is 1.84. The third-order valence-corrected chi connectivity index (χ3v) is 2.71. The number of Topliss-reactive ketones (excluding diaryl/α,β-unsaturated/α-hetero) is 1. The van der Waals surface area contributed by atoms with E-state index in [4.69, 9.17) is 4.74 Å². The van der Waals surface area contributed by atoms with Crippen LogP contribution in [0.1, 0.15) is 27.2 Å². The van der Waals surface area contributed by atoms with Crippen LogP contribution in [-0.4, -0.2) is 35.0 Å². The molecular weight excluding hydrogens is 182 g/mol. The van der Waals surface area contributed by atoms with Crippen molar-refractivity contribution in [2.75, 3.05) is 6.54 Å². The monoisotopic (exact) mass is 197 g/mol. The van der Waals surface area contributed by atoms with Crippen molar-refractivity contribution in [2.45, 2.75) is 38.8 Å². The maximum atomic E-state index is 11.5. The zero-order valence-electron chi connectivity index (χ0n) is 8.74. The van der Waals surface area contributed by atoms with E-state index in [1.807, 2.05) is 20.8 Å². The first-order valence-electron chi connectivity index (χ1n) is 4.91. The Hall–Kier alpha value is -1.06. The molecule has 1 aliphatic heterocycles. The van der Waals surface area contributed by atoms with Crippen molar-refractivity contribution in [1.29, 1.82) is 0 Å². The molecule has 4 heteroatoms. The summed E-state index contributed by atoms with van der Waals surface area (Å²) in [5.41, 5.74) is -0.448. The quantitative estimate of drug-likeness (QED) is 0.586. The van der Waals surface area contributed by atoms with Crippen LogP contribution in [0.2, 0.25) is 0 Å². The second kappa shape index (κ2) is 2.72. The number of amides is 1. The van der Waals surface area contributed by atoms with Gasteiger partial charge in [0, 0.05) is 13.0 Å². The standard InChI is InChI=1S/C10H15NO3/c1-10(2,3)14-9(13)11-5-6-7(11)4-8(6)12/h6-7H,4-5H2,1-3H3. The largest absolute Gasteiger partial charge is 0.444 e. The van der Waals surface area contributed by atoms with Crippen LogP contribution in [0.5, 0.6) is 0 Å². The van der Waals surface area contributed by atoms with Gasteiger partial charge in [0.2, 0.25) is 0 Å². The molecule has 2 atom stereocenters. The Balaban J connectivity index is 1.87. The number of carbonyl (C=O) groups excluding carboxylic acids is 2. The smallest absolute Gasteiger partial charge is 0.410 e. The second-order valence-corrected chi connectivity index (χ2v) is 4.98. The Bertz CT molecular complexity index is 292. The fraction of sp³-hybridized carbons (Fsp3) is 0.800. The van der Waals surface area contributed by atoms with Gasteiger partial charge in [-0.2, -0.15) is 0 Å². The van der Waals surface area contributed by atoms with E-state index in [0.29, 0.717) is 13.0 Å².